The lowest BCUT2D eigenvalue weighted by Crippen LogP contribution is -2.28. The first-order valence-electron chi connectivity index (χ1n) is 5.30. The Kier molecular flexibility index (Phi) is 6.30. The Labute approximate surface area is 105 Å². The molecule has 1 aromatic carbocycles. The number of hydrogen-bond donors (Lipinski definition) is 1. The minimum atomic E-state index is 0.523. The van der Waals surface area contributed by atoms with Gasteiger partial charge in [0.15, 0.2) is 0 Å². The number of halogens is 2. The number of nitrogens with one attached hydrogen (secondary N) is 1. The smallest absolute Gasteiger partial charge is 0.0238 e. The predicted octanol–water partition coefficient (Wildman–Crippen LogP) is 3.95. The Bertz CT molecular complexity index is 291. The normalized spacial score (nSPS) is 12.7. The van der Waals surface area contributed by atoms with Crippen LogP contribution in [0.25, 0.3) is 0 Å². The summed E-state index contributed by atoms with van der Waals surface area (Å²) in [5.74, 6) is 0.724. The Morgan fingerprint density at radius 3 is 2.73 bits per heavy atom. The van der Waals surface area contributed by atoms with Gasteiger partial charge in [-0.05, 0) is 24.5 Å². The highest BCUT2D eigenvalue weighted by atomic mass is 79.9. The molecule has 0 aromatic heterocycles. The fourth-order valence-electron chi connectivity index (χ4n) is 1.48. The molecular weight excluding hydrogens is 273 g/mol. The first-order valence-corrected chi connectivity index (χ1v) is 6.63. The van der Waals surface area contributed by atoms with Gasteiger partial charge in [0.2, 0.25) is 0 Å². The van der Waals surface area contributed by atoms with Crippen molar-refractivity contribution >= 4 is 27.5 Å². The standard InChI is InChI=1S/C12H17BrClN/c1-2-11(7-8-14)15-9-10-5-3-4-6-12(10)13/h3-6,11,15H,2,7-9H2,1H3. The third-order valence-electron chi connectivity index (χ3n) is 2.49. The molecule has 0 aliphatic carbocycles. The summed E-state index contributed by atoms with van der Waals surface area (Å²) in [7, 11) is 0. The van der Waals surface area contributed by atoms with Crippen LogP contribution in [-0.2, 0) is 6.54 Å². The van der Waals surface area contributed by atoms with Gasteiger partial charge < -0.3 is 5.32 Å². The lowest BCUT2D eigenvalue weighted by molar-refractivity contribution is 0.485. The van der Waals surface area contributed by atoms with Crippen LogP contribution in [0.15, 0.2) is 28.7 Å². The summed E-state index contributed by atoms with van der Waals surface area (Å²) >= 11 is 9.28. The largest absolute Gasteiger partial charge is 0.310 e. The molecule has 0 heterocycles. The van der Waals surface area contributed by atoms with E-state index in [1.54, 1.807) is 0 Å². The Hall–Kier alpha value is -0.0500. The van der Waals surface area contributed by atoms with Gasteiger partial charge in [0.1, 0.15) is 0 Å². The third-order valence-corrected chi connectivity index (χ3v) is 3.48. The number of benzene rings is 1. The lowest BCUT2D eigenvalue weighted by atomic mass is 10.1. The average Bonchev–Trinajstić information content (AvgIpc) is 2.26. The zero-order valence-corrected chi connectivity index (χ0v) is 11.3. The van der Waals surface area contributed by atoms with E-state index < -0.39 is 0 Å². The lowest BCUT2D eigenvalue weighted by Gasteiger charge is -2.16. The van der Waals surface area contributed by atoms with Crippen LogP contribution in [0.5, 0.6) is 0 Å². The van der Waals surface area contributed by atoms with E-state index in [4.69, 9.17) is 11.6 Å². The second-order valence-corrected chi connectivity index (χ2v) is 4.79. The van der Waals surface area contributed by atoms with E-state index in [0.717, 1.165) is 25.3 Å². The maximum absolute atomic E-state index is 5.74. The van der Waals surface area contributed by atoms with E-state index in [1.807, 2.05) is 6.07 Å². The Balaban J connectivity index is 2.45. The minimum absolute atomic E-state index is 0.523. The maximum Gasteiger partial charge on any atom is 0.0238 e. The van der Waals surface area contributed by atoms with Crippen molar-refractivity contribution in [2.75, 3.05) is 5.88 Å². The molecule has 0 spiro atoms. The first-order chi connectivity index (χ1) is 7.27. The van der Waals surface area contributed by atoms with Gasteiger partial charge in [-0.3, -0.25) is 0 Å². The number of hydrogen-bond acceptors (Lipinski definition) is 1. The average molecular weight is 291 g/mol. The topological polar surface area (TPSA) is 12.0 Å². The molecule has 0 radical (unpaired) electrons. The molecule has 1 atom stereocenters. The fraction of sp³-hybridized carbons (Fsp3) is 0.500. The minimum Gasteiger partial charge on any atom is -0.310 e. The molecule has 1 aromatic rings. The van der Waals surface area contributed by atoms with Crippen LogP contribution < -0.4 is 5.32 Å². The van der Waals surface area contributed by atoms with Crippen molar-refractivity contribution in [3.63, 3.8) is 0 Å². The summed E-state index contributed by atoms with van der Waals surface area (Å²) in [6.07, 6.45) is 2.15. The molecular formula is C12H17BrClN. The summed E-state index contributed by atoms with van der Waals surface area (Å²) < 4.78 is 1.17. The molecule has 1 N–H and O–H groups in total. The van der Waals surface area contributed by atoms with Gasteiger partial charge in [-0.25, -0.2) is 0 Å². The van der Waals surface area contributed by atoms with Crippen LogP contribution in [0, 0.1) is 0 Å². The molecule has 0 fully saturated rings. The van der Waals surface area contributed by atoms with Gasteiger partial charge in [-0.1, -0.05) is 41.1 Å². The van der Waals surface area contributed by atoms with E-state index in [2.05, 4.69) is 46.4 Å². The Morgan fingerprint density at radius 1 is 1.40 bits per heavy atom. The van der Waals surface area contributed by atoms with Gasteiger partial charge in [0, 0.05) is 22.9 Å². The van der Waals surface area contributed by atoms with Crippen LogP contribution in [0.2, 0.25) is 0 Å². The Morgan fingerprint density at radius 2 is 2.13 bits per heavy atom. The summed E-state index contributed by atoms with van der Waals surface area (Å²) in [6.45, 7) is 3.08. The summed E-state index contributed by atoms with van der Waals surface area (Å²) in [5.41, 5.74) is 1.30. The van der Waals surface area contributed by atoms with Crippen molar-refractivity contribution in [2.24, 2.45) is 0 Å². The van der Waals surface area contributed by atoms with Crippen LogP contribution in [0.3, 0.4) is 0 Å². The molecule has 84 valence electrons. The van der Waals surface area contributed by atoms with Crippen molar-refractivity contribution in [1.82, 2.24) is 5.32 Å². The fourth-order valence-corrected chi connectivity index (χ4v) is 2.17. The molecule has 15 heavy (non-hydrogen) atoms. The molecule has 0 bridgehead atoms. The molecule has 1 nitrogen and oxygen atoms in total. The second-order valence-electron chi connectivity index (χ2n) is 3.56. The van der Waals surface area contributed by atoms with Crippen LogP contribution in [0.4, 0.5) is 0 Å². The van der Waals surface area contributed by atoms with Crippen molar-refractivity contribution in [2.45, 2.75) is 32.4 Å². The van der Waals surface area contributed by atoms with Gasteiger partial charge in [0.05, 0.1) is 0 Å². The molecule has 0 saturated carbocycles. The highest BCUT2D eigenvalue weighted by molar-refractivity contribution is 9.10. The molecule has 0 saturated heterocycles. The van der Waals surface area contributed by atoms with E-state index in [0.29, 0.717) is 6.04 Å². The molecule has 1 unspecified atom stereocenters. The van der Waals surface area contributed by atoms with Gasteiger partial charge in [0.25, 0.3) is 0 Å². The van der Waals surface area contributed by atoms with Crippen LogP contribution in [0.1, 0.15) is 25.3 Å². The van der Waals surface area contributed by atoms with Crippen molar-refractivity contribution in [3.05, 3.63) is 34.3 Å². The van der Waals surface area contributed by atoms with E-state index in [9.17, 15) is 0 Å². The van der Waals surface area contributed by atoms with E-state index in [-0.39, 0.29) is 0 Å². The highest BCUT2D eigenvalue weighted by Gasteiger charge is 2.05. The molecule has 0 amide bonds. The van der Waals surface area contributed by atoms with Crippen molar-refractivity contribution in [1.29, 1.82) is 0 Å². The van der Waals surface area contributed by atoms with Crippen LogP contribution in [-0.4, -0.2) is 11.9 Å². The zero-order valence-electron chi connectivity index (χ0n) is 8.97. The summed E-state index contributed by atoms with van der Waals surface area (Å²) in [5, 5.41) is 3.51. The monoisotopic (exact) mass is 289 g/mol. The SMILES string of the molecule is CCC(CCCl)NCc1ccccc1Br. The maximum atomic E-state index is 5.74. The number of rotatable bonds is 6. The summed E-state index contributed by atoms with van der Waals surface area (Å²) in [6, 6.07) is 8.81. The van der Waals surface area contributed by atoms with Gasteiger partial charge in [-0.15, -0.1) is 11.6 Å². The molecule has 3 heteroatoms. The van der Waals surface area contributed by atoms with Crippen molar-refractivity contribution in [3.8, 4) is 0 Å². The molecule has 0 aliphatic rings. The van der Waals surface area contributed by atoms with Gasteiger partial charge >= 0.3 is 0 Å². The van der Waals surface area contributed by atoms with Crippen LogP contribution >= 0.6 is 27.5 Å². The predicted molar refractivity (Wildman–Crippen MR) is 70.4 cm³/mol. The zero-order chi connectivity index (χ0) is 11.1. The third kappa shape index (κ3) is 4.54. The quantitative estimate of drug-likeness (QED) is 0.782. The number of alkyl halides is 1. The highest BCUT2D eigenvalue weighted by Crippen LogP contribution is 2.15. The van der Waals surface area contributed by atoms with Gasteiger partial charge in [-0.2, -0.15) is 0 Å². The second kappa shape index (κ2) is 7.26. The van der Waals surface area contributed by atoms with E-state index >= 15 is 0 Å². The molecule has 1 rings (SSSR count). The first kappa shape index (κ1) is 13.0. The van der Waals surface area contributed by atoms with Crippen molar-refractivity contribution < 1.29 is 0 Å². The summed E-state index contributed by atoms with van der Waals surface area (Å²) in [4.78, 5) is 0. The van der Waals surface area contributed by atoms with E-state index in [1.165, 1.54) is 10.0 Å². The molecule has 0 aliphatic heterocycles.